The molecule has 0 saturated carbocycles. The fourth-order valence-corrected chi connectivity index (χ4v) is 4.25. The van der Waals surface area contributed by atoms with Gasteiger partial charge in [-0.3, -0.25) is 4.79 Å². The fourth-order valence-electron chi connectivity index (χ4n) is 4.25. The molecule has 0 saturated heterocycles. The van der Waals surface area contributed by atoms with Crippen LogP contribution in [0.1, 0.15) is 123 Å². The third kappa shape index (κ3) is 32.3. The van der Waals surface area contributed by atoms with E-state index in [0.717, 1.165) is 83.5 Å². The number of aliphatic hydroxyl groups is 2. The maximum atomic E-state index is 12.3. The van der Waals surface area contributed by atoms with Crippen LogP contribution in [0.3, 0.4) is 0 Å². The molecule has 2 unspecified atom stereocenters. The van der Waals surface area contributed by atoms with Gasteiger partial charge in [-0.25, -0.2) is 0 Å². The lowest BCUT2D eigenvalue weighted by molar-refractivity contribution is -0.123. The summed E-state index contributed by atoms with van der Waals surface area (Å²) in [6.45, 7) is 4.07. The summed E-state index contributed by atoms with van der Waals surface area (Å²) in [7, 11) is 0. The maximum absolute atomic E-state index is 12.3. The van der Waals surface area contributed by atoms with E-state index in [-0.39, 0.29) is 12.5 Å². The molecule has 252 valence electrons. The first kappa shape index (κ1) is 42.0. The Bertz CT molecular complexity index is 932. The summed E-state index contributed by atoms with van der Waals surface area (Å²) in [5.41, 5.74) is 0. The zero-order chi connectivity index (χ0) is 32.9. The lowest BCUT2D eigenvalue weighted by Gasteiger charge is -2.19. The molecule has 3 N–H and O–H groups in total. The molecule has 4 nitrogen and oxygen atoms in total. The van der Waals surface area contributed by atoms with Gasteiger partial charge in [-0.05, 0) is 89.9 Å². The minimum atomic E-state index is -0.893. The third-order valence-corrected chi connectivity index (χ3v) is 6.97. The highest BCUT2D eigenvalue weighted by Crippen LogP contribution is 2.05. The first-order valence-corrected chi connectivity index (χ1v) is 17.6. The molecule has 0 aromatic carbocycles. The Morgan fingerprint density at radius 1 is 0.556 bits per heavy atom. The Kier molecular flexibility index (Phi) is 33.2. The van der Waals surface area contributed by atoms with Gasteiger partial charge in [0.2, 0.25) is 5.91 Å². The number of hydrogen-bond donors (Lipinski definition) is 3. The SMILES string of the molecule is CC/C=C\C/C=C\C/C=C\C/C=C\C/C=C\C/C=C\CCCCC(=O)NC(CO)C(O)/C=C/CC/C=C/CC/C=C/CCCC. The number of hydrogen-bond acceptors (Lipinski definition) is 3. The van der Waals surface area contributed by atoms with Crippen molar-refractivity contribution >= 4 is 5.91 Å². The highest BCUT2D eigenvalue weighted by atomic mass is 16.3. The van der Waals surface area contributed by atoms with Crippen molar-refractivity contribution < 1.29 is 15.0 Å². The van der Waals surface area contributed by atoms with Crippen LogP contribution in [-0.2, 0) is 4.79 Å². The molecule has 0 aliphatic carbocycles. The van der Waals surface area contributed by atoms with Crippen molar-refractivity contribution in [1.82, 2.24) is 5.32 Å². The maximum Gasteiger partial charge on any atom is 0.220 e. The van der Waals surface area contributed by atoms with E-state index in [1.807, 2.05) is 6.08 Å². The Morgan fingerprint density at radius 3 is 1.47 bits per heavy atom. The molecule has 1 amide bonds. The fraction of sp³-hybridized carbons (Fsp3) is 0.537. The smallest absolute Gasteiger partial charge is 0.220 e. The van der Waals surface area contributed by atoms with Gasteiger partial charge in [0.15, 0.2) is 0 Å². The van der Waals surface area contributed by atoms with Crippen LogP contribution in [0, 0.1) is 0 Å². The molecule has 0 spiro atoms. The van der Waals surface area contributed by atoms with Crippen molar-refractivity contribution in [1.29, 1.82) is 0 Å². The van der Waals surface area contributed by atoms with E-state index in [9.17, 15) is 15.0 Å². The topological polar surface area (TPSA) is 69.6 Å². The van der Waals surface area contributed by atoms with Crippen LogP contribution < -0.4 is 5.32 Å². The summed E-state index contributed by atoms with van der Waals surface area (Å²) in [6.07, 6.45) is 54.5. The number of amides is 1. The van der Waals surface area contributed by atoms with Crippen LogP contribution in [-0.4, -0.2) is 34.9 Å². The molecule has 0 aromatic heterocycles. The number of carbonyl (C=O) groups excluding carboxylic acids is 1. The van der Waals surface area contributed by atoms with Gasteiger partial charge >= 0.3 is 0 Å². The van der Waals surface area contributed by atoms with Crippen LogP contribution in [0.4, 0.5) is 0 Å². The van der Waals surface area contributed by atoms with E-state index in [4.69, 9.17) is 0 Å². The Morgan fingerprint density at radius 2 is 0.978 bits per heavy atom. The van der Waals surface area contributed by atoms with Gasteiger partial charge in [0.1, 0.15) is 0 Å². The Labute approximate surface area is 276 Å². The quantitative estimate of drug-likeness (QED) is 0.0576. The first-order chi connectivity index (χ1) is 22.2. The number of rotatable bonds is 29. The molecule has 0 rings (SSSR count). The molecular formula is C41H65NO3. The lowest BCUT2D eigenvalue weighted by atomic mass is 10.1. The molecule has 0 fully saturated rings. The van der Waals surface area contributed by atoms with Crippen LogP contribution in [0.25, 0.3) is 0 Å². The molecule has 0 aromatic rings. The number of unbranched alkanes of at least 4 members (excludes halogenated alkanes) is 6. The van der Waals surface area contributed by atoms with Gasteiger partial charge in [-0.1, -0.05) is 136 Å². The van der Waals surface area contributed by atoms with Crippen molar-refractivity contribution in [3.05, 3.63) is 109 Å². The van der Waals surface area contributed by atoms with Crippen LogP contribution in [0.5, 0.6) is 0 Å². The number of nitrogens with one attached hydrogen (secondary N) is 1. The number of aliphatic hydroxyl groups excluding tert-OH is 2. The van der Waals surface area contributed by atoms with Gasteiger partial charge in [-0.2, -0.15) is 0 Å². The predicted octanol–water partition coefficient (Wildman–Crippen LogP) is 10.5. The van der Waals surface area contributed by atoms with Gasteiger partial charge < -0.3 is 15.5 Å². The van der Waals surface area contributed by atoms with Crippen molar-refractivity contribution in [3.8, 4) is 0 Å². The van der Waals surface area contributed by atoms with Crippen molar-refractivity contribution in [2.75, 3.05) is 6.61 Å². The van der Waals surface area contributed by atoms with E-state index in [1.54, 1.807) is 6.08 Å². The minimum Gasteiger partial charge on any atom is -0.394 e. The van der Waals surface area contributed by atoms with E-state index >= 15 is 0 Å². The predicted molar refractivity (Wildman–Crippen MR) is 197 cm³/mol. The molecule has 45 heavy (non-hydrogen) atoms. The van der Waals surface area contributed by atoms with Gasteiger partial charge in [-0.15, -0.1) is 0 Å². The van der Waals surface area contributed by atoms with Gasteiger partial charge in [0.05, 0.1) is 18.8 Å². The van der Waals surface area contributed by atoms with Crippen LogP contribution >= 0.6 is 0 Å². The molecule has 2 atom stereocenters. The molecule has 0 radical (unpaired) electrons. The summed E-state index contributed by atoms with van der Waals surface area (Å²) >= 11 is 0. The average Bonchev–Trinajstić information content (AvgIpc) is 3.04. The molecular weight excluding hydrogens is 554 g/mol. The largest absolute Gasteiger partial charge is 0.394 e. The highest BCUT2D eigenvalue weighted by molar-refractivity contribution is 5.76. The average molecular weight is 620 g/mol. The number of allylic oxidation sites excluding steroid dienone is 17. The Balaban J connectivity index is 3.86. The van der Waals surface area contributed by atoms with Crippen LogP contribution in [0.2, 0.25) is 0 Å². The minimum absolute atomic E-state index is 0.129. The van der Waals surface area contributed by atoms with Crippen molar-refractivity contribution in [3.63, 3.8) is 0 Å². The highest BCUT2D eigenvalue weighted by Gasteiger charge is 2.17. The van der Waals surface area contributed by atoms with E-state index in [0.29, 0.717) is 6.42 Å². The summed E-state index contributed by atoms with van der Waals surface area (Å²) in [6, 6.07) is -0.674. The second-order valence-electron chi connectivity index (χ2n) is 11.2. The van der Waals surface area contributed by atoms with Gasteiger partial charge in [0, 0.05) is 6.42 Å². The lowest BCUT2D eigenvalue weighted by Crippen LogP contribution is -2.45. The zero-order valence-electron chi connectivity index (χ0n) is 28.6. The van der Waals surface area contributed by atoms with E-state index < -0.39 is 12.1 Å². The summed E-state index contributed by atoms with van der Waals surface area (Å²) in [4.78, 5) is 12.3. The summed E-state index contributed by atoms with van der Waals surface area (Å²) in [5.74, 6) is -0.129. The second-order valence-corrected chi connectivity index (χ2v) is 11.2. The normalized spacial score (nSPS) is 14.5. The monoisotopic (exact) mass is 619 g/mol. The zero-order valence-corrected chi connectivity index (χ0v) is 28.6. The van der Waals surface area contributed by atoms with E-state index in [1.165, 1.54) is 19.3 Å². The first-order valence-electron chi connectivity index (χ1n) is 17.6. The standard InChI is InChI=1S/C41H65NO3/c1-3-5-7-9-11-13-15-17-18-19-20-21-22-23-24-25-27-29-31-33-35-37-41(45)42-39(38-43)40(44)36-34-32-30-28-26-16-14-12-10-8-6-4-2/h5,7,10-13,17-18,20-21,23-24,26-29,34,36,39-40,43-44H,3-4,6,8-9,14-16,19,22,25,30-33,35,37-38H2,1-2H3,(H,42,45)/b7-5-,12-10+,13-11-,18-17-,21-20-,24-23-,28-26+,29-27-,36-34+. The number of carbonyl (C=O) groups is 1. The molecule has 0 aliphatic heterocycles. The summed E-state index contributed by atoms with van der Waals surface area (Å²) < 4.78 is 0. The Hall–Kier alpha value is -2.95. The van der Waals surface area contributed by atoms with Crippen LogP contribution in [0.15, 0.2) is 109 Å². The van der Waals surface area contributed by atoms with Crippen molar-refractivity contribution in [2.45, 2.75) is 135 Å². The molecule has 0 bridgehead atoms. The van der Waals surface area contributed by atoms with Gasteiger partial charge in [0.25, 0.3) is 0 Å². The van der Waals surface area contributed by atoms with E-state index in [2.05, 4.69) is 116 Å². The molecule has 0 heterocycles. The molecule has 0 aliphatic rings. The second kappa shape index (κ2) is 35.5. The molecule has 4 heteroatoms. The third-order valence-electron chi connectivity index (χ3n) is 6.97. The van der Waals surface area contributed by atoms with Crippen molar-refractivity contribution in [2.24, 2.45) is 0 Å². The summed E-state index contributed by atoms with van der Waals surface area (Å²) in [5, 5.41) is 22.8.